The molecule has 0 aliphatic rings. The Balaban J connectivity index is 0.00000625. The Labute approximate surface area is 174 Å². The van der Waals surface area contributed by atoms with E-state index in [9.17, 15) is 4.79 Å². The third-order valence-corrected chi connectivity index (χ3v) is 3.41. The number of aliphatic imine (C=N–C) groups is 1. The zero-order valence-electron chi connectivity index (χ0n) is 16.3. The fourth-order valence-corrected chi connectivity index (χ4v) is 1.88. The minimum atomic E-state index is -0.0550. The van der Waals surface area contributed by atoms with Gasteiger partial charge in [0, 0.05) is 20.6 Å². The van der Waals surface area contributed by atoms with E-state index >= 15 is 0 Å². The molecule has 0 saturated heterocycles. The fraction of sp³-hybridized carbons (Fsp3) is 0.474. The molecular formula is C19H31IN4O2. The van der Waals surface area contributed by atoms with Gasteiger partial charge in [0.1, 0.15) is 18.4 Å². The number of rotatable bonds is 8. The first-order valence-electron chi connectivity index (χ1n) is 8.38. The fourth-order valence-electron chi connectivity index (χ4n) is 1.88. The van der Waals surface area contributed by atoms with Gasteiger partial charge in [0.25, 0.3) is 0 Å². The largest absolute Gasteiger partial charge is 0.489 e. The van der Waals surface area contributed by atoms with Gasteiger partial charge in [-0.1, -0.05) is 30.4 Å². The molecule has 0 aliphatic carbocycles. The topological polar surface area (TPSA) is 66.0 Å². The van der Waals surface area contributed by atoms with Crippen LogP contribution in [0.4, 0.5) is 0 Å². The molecule has 7 heteroatoms. The Morgan fingerprint density at radius 3 is 2.54 bits per heavy atom. The molecule has 0 radical (unpaired) electrons. The number of benzene rings is 1. The predicted molar refractivity (Wildman–Crippen MR) is 118 cm³/mol. The zero-order valence-corrected chi connectivity index (χ0v) is 18.7. The van der Waals surface area contributed by atoms with Crippen molar-refractivity contribution in [2.75, 3.05) is 33.7 Å². The average Bonchev–Trinajstić information content (AvgIpc) is 2.55. The van der Waals surface area contributed by atoms with E-state index in [2.05, 4.69) is 22.2 Å². The maximum atomic E-state index is 11.7. The van der Waals surface area contributed by atoms with Crippen LogP contribution in [0.1, 0.15) is 19.4 Å². The summed E-state index contributed by atoms with van der Waals surface area (Å²) >= 11 is 0. The van der Waals surface area contributed by atoms with Crippen LogP contribution in [0.3, 0.4) is 0 Å². The number of nitrogens with zero attached hydrogens (tertiary/aromatic N) is 2. The summed E-state index contributed by atoms with van der Waals surface area (Å²) in [5, 5.41) is 6.37. The summed E-state index contributed by atoms with van der Waals surface area (Å²) in [6.07, 6.45) is -0.0533. The smallest absolute Gasteiger partial charge is 0.243 e. The molecule has 0 heterocycles. The molecule has 1 amide bonds. The molecular weight excluding hydrogens is 443 g/mol. The second-order valence-corrected chi connectivity index (χ2v) is 6.34. The van der Waals surface area contributed by atoms with E-state index in [-0.39, 0.29) is 42.5 Å². The van der Waals surface area contributed by atoms with Gasteiger partial charge in [-0.25, -0.2) is 4.99 Å². The van der Waals surface area contributed by atoms with Gasteiger partial charge in [-0.2, -0.15) is 0 Å². The Hall–Kier alpha value is -1.77. The normalized spacial score (nSPS) is 11.8. The molecule has 0 aliphatic heterocycles. The highest BCUT2D eigenvalue weighted by Crippen LogP contribution is 2.17. The number of ether oxygens (including phenoxy) is 1. The molecule has 1 rings (SSSR count). The average molecular weight is 474 g/mol. The molecule has 26 heavy (non-hydrogen) atoms. The highest BCUT2D eigenvalue weighted by atomic mass is 127. The number of amides is 1. The minimum Gasteiger partial charge on any atom is -0.489 e. The molecule has 1 atom stereocenters. The van der Waals surface area contributed by atoms with Crippen LogP contribution < -0.4 is 15.4 Å². The van der Waals surface area contributed by atoms with Crippen molar-refractivity contribution in [3.05, 3.63) is 42.0 Å². The number of hydrogen-bond acceptors (Lipinski definition) is 3. The van der Waals surface area contributed by atoms with Crippen LogP contribution in [0, 0.1) is 6.92 Å². The van der Waals surface area contributed by atoms with Crippen LogP contribution in [-0.4, -0.2) is 56.6 Å². The van der Waals surface area contributed by atoms with E-state index in [1.165, 1.54) is 4.90 Å². The van der Waals surface area contributed by atoms with E-state index in [1.807, 2.05) is 45.0 Å². The van der Waals surface area contributed by atoms with E-state index in [0.717, 1.165) is 16.9 Å². The third kappa shape index (κ3) is 9.65. The molecule has 0 saturated carbocycles. The first-order chi connectivity index (χ1) is 11.8. The molecule has 0 fully saturated rings. The quantitative estimate of drug-likeness (QED) is 0.263. The molecule has 146 valence electrons. The van der Waals surface area contributed by atoms with Crippen LogP contribution in [0.2, 0.25) is 0 Å². The second kappa shape index (κ2) is 12.6. The molecule has 1 aromatic carbocycles. The summed E-state index contributed by atoms with van der Waals surface area (Å²) in [7, 11) is 3.43. The van der Waals surface area contributed by atoms with E-state index in [0.29, 0.717) is 19.0 Å². The standard InChI is InChI=1S/C19H30N4O2.HI/c1-14(2)11-20-19(22-13-18(24)23(5)6)21-12-16(4)25-17-10-8-7-9-15(17)3;/h7-10,16H,1,11-13H2,2-6H3,(H2,20,21,22);1H. The van der Waals surface area contributed by atoms with Crippen molar-refractivity contribution in [3.63, 3.8) is 0 Å². The first-order valence-corrected chi connectivity index (χ1v) is 8.38. The number of halogens is 1. The summed E-state index contributed by atoms with van der Waals surface area (Å²) in [6.45, 7) is 11.0. The molecule has 0 bridgehead atoms. The van der Waals surface area contributed by atoms with Crippen molar-refractivity contribution in [1.29, 1.82) is 0 Å². The maximum absolute atomic E-state index is 11.7. The summed E-state index contributed by atoms with van der Waals surface area (Å²) in [5.41, 5.74) is 2.08. The lowest BCUT2D eigenvalue weighted by Gasteiger charge is -2.19. The number of guanidine groups is 1. The van der Waals surface area contributed by atoms with Gasteiger partial charge in [-0.3, -0.25) is 4.79 Å². The van der Waals surface area contributed by atoms with Gasteiger partial charge in [-0.05, 0) is 32.4 Å². The van der Waals surface area contributed by atoms with E-state index in [1.54, 1.807) is 14.1 Å². The number of hydrogen-bond donors (Lipinski definition) is 2. The van der Waals surface area contributed by atoms with Crippen LogP contribution in [0.15, 0.2) is 41.4 Å². The first kappa shape index (κ1) is 24.2. The molecule has 0 spiro atoms. The zero-order chi connectivity index (χ0) is 18.8. The number of carbonyl (C=O) groups is 1. The lowest BCUT2D eigenvalue weighted by atomic mass is 10.2. The Bertz CT molecular complexity index is 617. The predicted octanol–water partition coefficient (Wildman–Crippen LogP) is 2.58. The number of likely N-dealkylation sites (N-methyl/N-ethyl adjacent to an activating group) is 1. The molecule has 6 nitrogen and oxygen atoms in total. The minimum absolute atomic E-state index is 0. The lowest BCUT2D eigenvalue weighted by Crippen LogP contribution is -2.43. The van der Waals surface area contributed by atoms with Crippen LogP contribution in [-0.2, 0) is 4.79 Å². The summed E-state index contributed by atoms with van der Waals surface area (Å²) in [5.74, 6) is 1.38. The van der Waals surface area contributed by atoms with Crippen molar-refractivity contribution >= 4 is 35.8 Å². The summed E-state index contributed by atoms with van der Waals surface area (Å²) < 4.78 is 5.95. The number of carbonyl (C=O) groups excluding carboxylic acids is 1. The monoisotopic (exact) mass is 474 g/mol. The van der Waals surface area contributed by atoms with Crippen LogP contribution >= 0.6 is 24.0 Å². The van der Waals surface area contributed by atoms with Crippen molar-refractivity contribution in [3.8, 4) is 5.75 Å². The van der Waals surface area contributed by atoms with Crippen molar-refractivity contribution in [1.82, 2.24) is 15.5 Å². The lowest BCUT2D eigenvalue weighted by molar-refractivity contribution is -0.127. The van der Waals surface area contributed by atoms with Gasteiger partial charge in [-0.15, -0.1) is 24.0 Å². The van der Waals surface area contributed by atoms with E-state index in [4.69, 9.17) is 4.74 Å². The summed E-state index contributed by atoms with van der Waals surface area (Å²) in [4.78, 5) is 17.6. The van der Waals surface area contributed by atoms with Gasteiger partial charge in [0.2, 0.25) is 5.91 Å². The van der Waals surface area contributed by atoms with Gasteiger partial charge in [0.05, 0.1) is 6.54 Å². The second-order valence-electron chi connectivity index (χ2n) is 6.34. The Morgan fingerprint density at radius 1 is 1.31 bits per heavy atom. The van der Waals surface area contributed by atoms with Gasteiger partial charge >= 0.3 is 0 Å². The van der Waals surface area contributed by atoms with Crippen molar-refractivity contribution < 1.29 is 9.53 Å². The van der Waals surface area contributed by atoms with Gasteiger partial charge in [0.15, 0.2) is 5.96 Å². The summed E-state index contributed by atoms with van der Waals surface area (Å²) in [6, 6.07) is 7.91. The third-order valence-electron chi connectivity index (χ3n) is 3.41. The highest BCUT2D eigenvalue weighted by molar-refractivity contribution is 14.0. The van der Waals surface area contributed by atoms with Gasteiger partial charge < -0.3 is 20.3 Å². The number of para-hydroxylation sites is 1. The SMILES string of the molecule is C=C(C)CNC(=NCC(=O)N(C)C)NCC(C)Oc1ccccc1C.I. The van der Waals surface area contributed by atoms with Crippen molar-refractivity contribution in [2.45, 2.75) is 26.9 Å². The van der Waals surface area contributed by atoms with Crippen molar-refractivity contribution in [2.24, 2.45) is 4.99 Å². The molecule has 0 aromatic heterocycles. The van der Waals surface area contributed by atoms with Crippen LogP contribution in [0.5, 0.6) is 5.75 Å². The Kier molecular flexibility index (Phi) is 11.7. The number of aryl methyl sites for hydroxylation is 1. The van der Waals surface area contributed by atoms with Crippen LogP contribution in [0.25, 0.3) is 0 Å². The molecule has 1 aromatic rings. The van der Waals surface area contributed by atoms with E-state index < -0.39 is 0 Å². The highest BCUT2D eigenvalue weighted by Gasteiger charge is 2.09. The molecule has 1 unspecified atom stereocenters. The maximum Gasteiger partial charge on any atom is 0.243 e. The molecule has 2 N–H and O–H groups in total. The number of nitrogens with one attached hydrogen (secondary N) is 2. The Morgan fingerprint density at radius 2 is 1.96 bits per heavy atom.